The van der Waals surface area contributed by atoms with E-state index in [-0.39, 0.29) is 18.5 Å². The van der Waals surface area contributed by atoms with Crippen LogP contribution in [0, 0.1) is 0 Å². The Labute approximate surface area is 283 Å². The highest BCUT2D eigenvalue weighted by atomic mass is 35.5. The average molecular weight is 694 g/mol. The second-order valence-corrected chi connectivity index (χ2v) is 12.6. The van der Waals surface area contributed by atoms with Crippen LogP contribution >= 0.6 is 34.5 Å². The van der Waals surface area contributed by atoms with Gasteiger partial charge in [-0.15, -0.1) is 11.3 Å². The second kappa shape index (κ2) is 14.6. The van der Waals surface area contributed by atoms with Crippen LogP contribution in [0.15, 0.2) is 54.9 Å². The molecule has 1 amide bonds. The summed E-state index contributed by atoms with van der Waals surface area (Å²) in [5, 5.41) is 23.0. The van der Waals surface area contributed by atoms with E-state index in [1.807, 2.05) is 42.5 Å². The lowest BCUT2D eigenvalue weighted by Gasteiger charge is -2.15. The number of hydrogen-bond acceptors (Lipinski definition) is 11. The Morgan fingerprint density at radius 2 is 1.83 bits per heavy atom. The third kappa shape index (κ3) is 7.45. The van der Waals surface area contributed by atoms with Gasteiger partial charge < -0.3 is 31.1 Å². The molecule has 1 fully saturated rings. The molecule has 6 rings (SSSR count). The van der Waals surface area contributed by atoms with Crippen molar-refractivity contribution in [3.63, 3.8) is 0 Å². The monoisotopic (exact) mass is 692 g/mol. The first-order valence-corrected chi connectivity index (χ1v) is 16.3. The third-order valence-corrected chi connectivity index (χ3v) is 9.33. The first-order valence-electron chi connectivity index (χ1n) is 14.7. The molecule has 5 N–H and O–H groups in total. The first kappa shape index (κ1) is 32.5. The van der Waals surface area contributed by atoms with Crippen molar-refractivity contribution in [1.29, 1.82) is 0 Å². The fourth-order valence-electron chi connectivity index (χ4n) is 5.25. The highest BCUT2D eigenvalue weighted by Gasteiger charge is 2.21. The number of carbonyl (C=O) groups is 2. The molecule has 12 nitrogen and oxygen atoms in total. The Morgan fingerprint density at radius 1 is 1.04 bits per heavy atom. The molecule has 0 bridgehead atoms. The Hall–Kier alpha value is -4.40. The van der Waals surface area contributed by atoms with E-state index >= 15 is 0 Å². The van der Waals surface area contributed by atoms with Gasteiger partial charge in [-0.2, -0.15) is 0 Å². The van der Waals surface area contributed by atoms with Gasteiger partial charge in [-0.25, -0.2) is 15.0 Å². The number of methoxy groups -OCH3 is 1. The molecule has 3 aromatic heterocycles. The maximum atomic E-state index is 11.5. The van der Waals surface area contributed by atoms with Crippen LogP contribution in [0.25, 0.3) is 32.6 Å². The van der Waals surface area contributed by atoms with Crippen molar-refractivity contribution in [2.45, 2.75) is 32.0 Å². The van der Waals surface area contributed by atoms with Crippen LogP contribution < -0.4 is 26.0 Å². The van der Waals surface area contributed by atoms with Gasteiger partial charge in [0.1, 0.15) is 16.2 Å². The van der Waals surface area contributed by atoms with Crippen molar-refractivity contribution < 1.29 is 19.4 Å². The van der Waals surface area contributed by atoms with E-state index in [2.05, 4.69) is 36.2 Å². The van der Waals surface area contributed by atoms with Gasteiger partial charge in [-0.1, -0.05) is 53.5 Å². The van der Waals surface area contributed by atoms with Gasteiger partial charge in [0.15, 0.2) is 5.82 Å². The molecule has 0 spiro atoms. The van der Waals surface area contributed by atoms with E-state index in [1.54, 1.807) is 19.5 Å². The number of halogens is 2. The molecule has 0 unspecified atom stereocenters. The van der Waals surface area contributed by atoms with Crippen molar-refractivity contribution >= 4 is 68.1 Å². The molecule has 1 aliphatic rings. The van der Waals surface area contributed by atoms with Crippen LogP contribution in [0.4, 0.5) is 11.5 Å². The number of hydrogen-bond donors (Lipinski definition) is 5. The lowest BCUT2D eigenvalue weighted by Crippen LogP contribution is -2.35. The highest BCUT2D eigenvalue weighted by Crippen LogP contribution is 2.42. The summed E-state index contributed by atoms with van der Waals surface area (Å²) in [5.41, 5.74) is 4.51. The van der Waals surface area contributed by atoms with Gasteiger partial charge in [0.2, 0.25) is 11.8 Å². The number of carboxylic acids is 1. The predicted octanol–water partition coefficient (Wildman–Crippen LogP) is 5.42. The molecule has 1 atom stereocenters. The Balaban J connectivity index is 1.23. The van der Waals surface area contributed by atoms with Crippen LogP contribution in [-0.2, 0) is 22.7 Å². The van der Waals surface area contributed by atoms with Crippen molar-refractivity contribution in [2.24, 2.45) is 0 Å². The summed E-state index contributed by atoms with van der Waals surface area (Å²) in [7, 11) is 1.54. The number of ether oxygens (including phenoxy) is 1. The SMILES string of the molecule is COc1nc(-c2cccc(-c3cccc(Nc4nccc5sc(CNCC(=O)O)nc45)c3Cl)c2Cl)cnc1CNC[C@H]1CCC(=O)N1. The van der Waals surface area contributed by atoms with E-state index in [1.165, 1.54) is 11.3 Å². The van der Waals surface area contributed by atoms with E-state index in [0.717, 1.165) is 16.1 Å². The van der Waals surface area contributed by atoms with Gasteiger partial charge in [-0.3, -0.25) is 14.6 Å². The fraction of sp³-hybridized carbons (Fsp3) is 0.250. The number of rotatable bonds is 13. The molecule has 1 aliphatic heterocycles. The molecule has 0 aliphatic carbocycles. The molecular weight excluding hydrogens is 663 g/mol. The summed E-state index contributed by atoms with van der Waals surface area (Å²) in [6, 6.07) is 13.2. The lowest BCUT2D eigenvalue weighted by atomic mass is 10.0. The van der Waals surface area contributed by atoms with Crippen LogP contribution in [0.2, 0.25) is 10.0 Å². The normalized spacial score (nSPS) is 14.4. The van der Waals surface area contributed by atoms with E-state index < -0.39 is 5.97 Å². The van der Waals surface area contributed by atoms with Crippen molar-refractivity contribution in [3.8, 4) is 28.3 Å². The number of aliphatic carboxylic acids is 1. The van der Waals surface area contributed by atoms with Crippen LogP contribution in [-0.4, -0.2) is 63.2 Å². The summed E-state index contributed by atoms with van der Waals surface area (Å²) in [4.78, 5) is 40.8. The molecule has 15 heteroatoms. The molecule has 0 saturated carbocycles. The standard InChI is InChI=1S/C32H30Cl2N8O4S/c1-46-32-23(13-35-12-17-8-9-25(43)39-17)38-14-22(41-32)20-6-2-4-18(28(20)33)19-5-3-7-21(29(19)34)40-31-30-24(10-11-37-31)47-26(42-30)15-36-16-27(44)45/h2-7,10-11,14,17,35-36H,8-9,12-13,15-16H2,1H3,(H,37,40)(H,39,43)(H,44,45)/t17-/m1/s1. The number of nitrogens with zero attached hydrogens (tertiary/aromatic N) is 4. The predicted molar refractivity (Wildman–Crippen MR) is 182 cm³/mol. The zero-order valence-corrected chi connectivity index (χ0v) is 27.5. The van der Waals surface area contributed by atoms with Crippen molar-refractivity contribution in [2.75, 3.05) is 25.5 Å². The van der Waals surface area contributed by atoms with E-state index in [4.69, 9.17) is 38.0 Å². The van der Waals surface area contributed by atoms with Crippen molar-refractivity contribution in [3.05, 3.63) is 75.6 Å². The Morgan fingerprint density at radius 3 is 2.60 bits per heavy atom. The van der Waals surface area contributed by atoms with Gasteiger partial charge >= 0.3 is 5.97 Å². The molecule has 0 radical (unpaired) electrons. The zero-order valence-electron chi connectivity index (χ0n) is 25.1. The lowest BCUT2D eigenvalue weighted by molar-refractivity contribution is -0.136. The average Bonchev–Trinajstić information content (AvgIpc) is 3.68. The first-order chi connectivity index (χ1) is 22.8. The molecule has 1 saturated heterocycles. The van der Waals surface area contributed by atoms with Crippen molar-refractivity contribution in [1.82, 2.24) is 35.9 Å². The summed E-state index contributed by atoms with van der Waals surface area (Å²) in [6.45, 7) is 1.23. The largest absolute Gasteiger partial charge is 0.480 e. The van der Waals surface area contributed by atoms with E-state index in [0.29, 0.717) is 87.1 Å². The number of aromatic nitrogens is 4. The van der Waals surface area contributed by atoms with Crippen LogP contribution in [0.1, 0.15) is 23.5 Å². The maximum Gasteiger partial charge on any atom is 0.317 e. The van der Waals surface area contributed by atoms with Gasteiger partial charge in [0, 0.05) is 55.0 Å². The summed E-state index contributed by atoms with van der Waals surface area (Å²) >= 11 is 15.4. The molecule has 2 aromatic carbocycles. The molecule has 4 heterocycles. The minimum absolute atomic E-state index is 0.0755. The molecular formula is C32H30Cl2N8O4S. The third-order valence-electron chi connectivity index (χ3n) is 7.49. The fourth-order valence-corrected chi connectivity index (χ4v) is 6.79. The summed E-state index contributed by atoms with van der Waals surface area (Å²) < 4.78 is 6.46. The quantitative estimate of drug-likeness (QED) is 0.107. The molecule has 242 valence electrons. The number of thiazole rings is 1. The topological polar surface area (TPSA) is 163 Å². The Kier molecular flexibility index (Phi) is 10.1. The van der Waals surface area contributed by atoms with Gasteiger partial charge in [0.25, 0.3) is 0 Å². The number of carbonyl (C=O) groups excluding carboxylic acids is 1. The number of fused-ring (bicyclic) bond motifs is 1. The van der Waals surface area contributed by atoms with E-state index in [9.17, 15) is 9.59 Å². The smallest absolute Gasteiger partial charge is 0.317 e. The van der Waals surface area contributed by atoms with Crippen LogP contribution in [0.3, 0.4) is 0 Å². The maximum absolute atomic E-state index is 11.5. The number of nitrogens with one attached hydrogen (secondary N) is 4. The van der Waals surface area contributed by atoms with Gasteiger partial charge in [-0.05, 0) is 18.6 Å². The highest BCUT2D eigenvalue weighted by molar-refractivity contribution is 7.18. The minimum atomic E-state index is -0.933. The molecule has 47 heavy (non-hydrogen) atoms. The molecule has 5 aromatic rings. The second-order valence-electron chi connectivity index (χ2n) is 10.7. The number of pyridine rings is 1. The van der Waals surface area contributed by atoms with Crippen LogP contribution in [0.5, 0.6) is 5.88 Å². The van der Waals surface area contributed by atoms with Gasteiger partial charge in [0.05, 0.1) is 46.0 Å². The summed E-state index contributed by atoms with van der Waals surface area (Å²) in [5.74, 6) is 0.0389. The zero-order chi connectivity index (χ0) is 32.9. The minimum Gasteiger partial charge on any atom is -0.480 e. The number of carboxylic acid groups (broad SMARTS) is 1. The number of benzene rings is 2. The Bertz CT molecular complexity index is 1960. The number of anilines is 2. The summed E-state index contributed by atoms with van der Waals surface area (Å²) in [6.07, 6.45) is 4.70. The number of amides is 1.